The zero-order valence-corrected chi connectivity index (χ0v) is 13.9. The van der Waals surface area contributed by atoms with Gasteiger partial charge in [0.1, 0.15) is 4.21 Å². The van der Waals surface area contributed by atoms with Gasteiger partial charge in [0.05, 0.1) is 0 Å². The van der Waals surface area contributed by atoms with E-state index < -0.39 is 10.0 Å². The molecule has 0 spiro atoms. The van der Waals surface area contributed by atoms with Crippen molar-refractivity contribution in [1.82, 2.24) is 4.31 Å². The normalized spacial score (nSPS) is 12.0. The minimum atomic E-state index is -3.45. The largest absolute Gasteiger partial charge is 0.326 e. The summed E-state index contributed by atoms with van der Waals surface area (Å²) in [6.45, 7) is 2.82. The third-order valence-electron chi connectivity index (χ3n) is 3.34. The van der Waals surface area contributed by atoms with Crippen LogP contribution in [0, 0.1) is 0 Å². The van der Waals surface area contributed by atoms with Crippen LogP contribution in [0.2, 0.25) is 0 Å². The molecule has 1 aromatic carbocycles. The number of sulfonamides is 1. The van der Waals surface area contributed by atoms with Crippen molar-refractivity contribution in [1.29, 1.82) is 0 Å². The van der Waals surface area contributed by atoms with Crippen LogP contribution >= 0.6 is 11.3 Å². The number of aryl methyl sites for hydroxylation is 1. The van der Waals surface area contributed by atoms with Crippen LogP contribution < -0.4 is 5.73 Å². The molecule has 2 N–H and O–H groups in total. The van der Waals surface area contributed by atoms with Crippen molar-refractivity contribution in [2.75, 3.05) is 7.05 Å². The van der Waals surface area contributed by atoms with Crippen LogP contribution in [0.5, 0.6) is 0 Å². The second-order valence-corrected chi connectivity index (χ2v) is 8.30. The van der Waals surface area contributed by atoms with Crippen LogP contribution in [-0.2, 0) is 29.5 Å². The fraction of sp³-hybridized carbons (Fsp3) is 0.333. The molecule has 0 fully saturated rings. The van der Waals surface area contributed by atoms with E-state index in [0.29, 0.717) is 17.3 Å². The highest BCUT2D eigenvalue weighted by Gasteiger charge is 2.22. The van der Waals surface area contributed by atoms with Crippen LogP contribution in [-0.4, -0.2) is 19.8 Å². The third kappa shape index (κ3) is 3.71. The third-order valence-corrected chi connectivity index (χ3v) is 6.72. The Hall–Kier alpha value is -1.21. The monoisotopic (exact) mass is 324 g/mol. The maximum Gasteiger partial charge on any atom is 0.252 e. The van der Waals surface area contributed by atoms with Gasteiger partial charge in [0, 0.05) is 25.0 Å². The number of nitrogens with zero attached hydrogens (tertiary/aromatic N) is 1. The molecule has 114 valence electrons. The lowest BCUT2D eigenvalue weighted by Crippen LogP contribution is -2.25. The molecule has 6 heteroatoms. The van der Waals surface area contributed by atoms with Gasteiger partial charge in [0.2, 0.25) is 0 Å². The molecule has 2 rings (SSSR count). The molecule has 2 aromatic rings. The molecule has 0 aliphatic rings. The summed E-state index contributed by atoms with van der Waals surface area (Å²) in [6, 6.07) is 11.4. The zero-order chi connectivity index (χ0) is 15.5. The molecule has 1 aromatic heterocycles. The van der Waals surface area contributed by atoms with Crippen molar-refractivity contribution in [3.05, 3.63) is 52.4 Å². The Morgan fingerprint density at radius 3 is 2.24 bits per heavy atom. The topological polar surface area (TPSA) is 63.4 Å². The van der Waals surface area contributed by atoms with Gasteiger partial charge in [-0.3, -0.25) is 0 Å². The molecule has 0 amide bonds. The lowest BCUT2D eigenvalue weighted by atomic mass is 10.1. The molecular formula is C15H20N2O2S2. The SMILES string of the molecule is CCc1ccc(CN(C)S(=O)(=O)c2ccc(CN)s2)cc1. The summed E-state index contributed by atoms with van der Waals surface area (Å²) < 4.78 is 26.7. The fourth-order valence-electron chi connectivity index (χ4n) is 1.98. The number of nitrogens with two attached hydrogens (primary N) is 1. The first-order valence-corrected chi connectivity index (χ1v) is 9.06. The zero-order valence-electron chi connectivity index (χ0n) is 12.2. The van der Waals surface area contributed by atoms with E-state index in [1.165, 1.54) is 21.2 Å². The number of rotatable bonds is 6. The summed E-state index contributed by atoms with van der Waals surface area (Å²) >= 11 is 1.23. The van der Waals surface area contributed by atoms with Gasteiger partial charge in [-0.15, -0.1) is 11.3 Å². The lowest BCUT2D eigenvalue weighted by Gasteiger charge is -2.16. The summed E-state index contributed by atoms with van der Waals surface area (Å²) in [5.74, 6) is 0. The summed E-state index contributed by atoms with van der Waals surface area (Å²) in [7, 11) is -1.84. The number of benzene rings is 1. The van der Waals surface area contributed by atoms with Gasteiger partial charge in [-0.1, -0.05) is 31.2 Å². The van der Waals surface area contributed by atoms with Gasteiger partial charge in [-0.25, -0.2) is 8.42 Å². The highest BCUT2D eigenvalue weighted by Crippen LogP contribution is 2.25. The average Bonchev–Trinajstić information content (AvgIpc) is 2.97. The first-order chi connectivity index (χ1) is 9.97. The molecule has 4 nitrogen and oxygen atoms in total. The molecule has 0 saturated heterocycles. The molecule has 0 aliphatic heterocycles. The summed E-state index contributed by atoms with van der Waals surface area (Å²) in [5.41, 5.74) is 7.76. The van der Waals surface area contributed by atoms with E-state index in [1.54, 1.807) is 19.2 Å². The van der Waals surface area contributed by atoms with E-state index in [0.717, 1.165) is 16.9 Å². The van der Waals surface area contributed by atoms with Crippen LogP contribution in [0.3, 0.4) is 0 Å². The Balaban J connectivity index is 2.15. The maximum absolute atomic E-state index is 12.5. The predicted octanol–water partition coefficient (Wildman–Crippen LogP) is 2.59. The highest BCUT2D eigenvalue weighted by molar-refractivity contribution is 7.91. The van der Waals surface area contributed by atoms with E-state index in [2.05, 4.69) is 6.92 Å². The number of hydrogen-bond acceptors (Lipinski definition) is 4. The molecule has 0 bridgehead atoms. The van der Waals surface area contributed by atoms with E-state index in [9.17, 15) is 8.42 Å². The molecule has 0 atom stereocenters. The molecule has 0 radical (unpaired) electrons. The van der Waals surface area contributed by atoms with E-state index in [1.807, 2.05) is 24.3 Å². The minimum absolute atomic E-state index is 0.343. The average molecular weight is 324 g/mol. The second kappa shape index (κ2) is 6.70. The Labute approximate surface area is 130 Å². The summed E-state index contributed by atoms with van der Waals surface area (Å²) in [5, 5.41) is 0. The van der Waals surface area contributed by atoms with Crippen molar-refractivity contribution in [2.24, 2.45) is 5.73 Å². The Morgan fingerprint density at radius 1 is 1.10 bits per heavy atom. The first-order valence-electron chi connectivity index (χ1n) is 6.80. The van der Waals surface area contributed by atoms with Crippen molar-refractivity contribution in [3.8, 4) is 0 Å². The number of hydrogen-bond donors (Lipinski definition) is 1. The van der Waals surface area contributed by atoms with Crippen LogP contribution in [0.15, 0.2) is 40.6 Å². The van der Waals surface area contributed by atoms with Crippen molar-refractivity contribution in [3.63, 3.8) is 0 Å². The summed E-state index contributed by atoms with van der Waals surface area (Å²) in [4.78, 5) is 0.870. The predicted molar refractivity (Wildman–Crippen MR) is 86.7 cm³/mol. The highest BCUT2D eigenvalue weighted by atomic mass is 32.2. The molecule has 0 aliphatic carbocycles. The van der Waals surface area contributed by atoms with E-state index >= 15 is 0 Å². The molecular weight excluding hydrogens is 304 g/mol. The Bertz CT molecular complexity index is 691. The number of thiophene rings is 1. The van der Waals surface area contributed by atoms with Crippen molar-refractivity contribution in [2.45, 2.75) is 30.6 Å². The molecule has 21 heavy (non-hydrogen) atoms. The van der Waals surface area contributed by atoms with Gasteiger partial charge < -0.3 is 5.73 Å². The van der Waals surface area contributed by atoms with Gasteiger partial charge in [0.25, 0.3) is 10.0 Å². The van der Waals surface area contributed by atoms with E-state index in [-0.39, 0.29) is 0 Å². The lowest BCUT2D eigenvalue weighted by molar-refractivity contribution is 0.468. The van der Waals surface area contributed by atoms with Gasteiger partial charge in [0.15, 0.2) is 0 Å². The first kappa shape index (κ1) is 16.2. The summed E-state index contributed by atoms with van der Waals surface area (Å²) in [6.07, 6.45) is 0.978. The van der Waals surface area contributed by atoms with Crippen LogP contribution in [0.25, 0.3) is 0 Å². The molecule has 0 unspecified atom stereocenters. The smallest absolute Gasteiger partial charge is 0.252 e. The fourth-order valence-corrected chi connectivity index (χ4v) is 4.59. The van der Waals surface area contributed by atoms with Crippen LogP contribution in [0.4, 0.5) is 0 Å². The standard InChI is InChI=1S/C15H20N2O2S2/c1-3-12-4-6-13(7-5-12)11-17(2)21(18,19)15-9-8-14(10-16)20-15/h4-9H,3,10-11,16H2,1-2H3. The van der Waals surface area contributed by atoms with Gasteiger partial charge in [-0.2, -0.15) is 4.31 Å². The van der Waals surface area contributed by atoms with Gasteiger partial charge >= 0.3 is 0 Å². The second-order valence-electron chi connectivity index (χ2n) is 4.86. The van der Waals surface area contributed by atoms with Crippen molar-refractivity contribution < 1.29 is 8.42 Å². The molecule has 1 heterocycles. The van der Waals surface area contributed by atoms with Gasteiger partial charge in [-0.05, 0) is 29.7 Å². The Kier molecular flexibility index (Phi) is 5.16. The quantitative estimate of drug-likeness (QED) is 0.888. The van der Waals surface area contributed by atoms with E-state index in [4.69, 9.17) is 5.73 Å². The van der Waals surface area contributed by atoms with Crippen LogP contribution in [0.1, 0.15) is 22.9 Å². The van der Waals surface area contributed by atoms with Crippen molar-refractivity contribution >= 4 is 21.4 Å². The maximum atomic E-state index is 12.5. The Morgan fingerprint density at radius 2 is 1.71 bits per heavy atom. The molecule has 0 saturated carbocycles. The minimum Gasteiger partial charge on any atom is -0.326 e.